The fraction of sp³-hybridized carbons (Fsp3) is 0.318. The molecule has 1 amide bonds. The SMILES string of the molecule is CNC(=O)c1cnc(N2CCNCC2C)nc1Nc1cccc(-c2ncc(F)cn2)c1OC.Cl. The molecule has 12 heteroatoms. The molecular formula is C22H26ClFN8O2. The number of aromatic nitrogens is 4. The minimum atomic E-state index is -0.530. The summed E-state index contributed by atoms with van der Waals surface area (Å²) in [6.45, 7) is 4.48. The third kappa shape index (κ3) is 5.15. The highest BCUT2D eigenvalue weighted by atomic mass is 35.5. The summed E-state index contributed by atoms with van der Waals surface area (Å²) in [6, 6.07) is 5.54. The van der Waals surface area contributed by atoms with Crippen molar-refractivity contribution in [1.29, 1.82) is 0 Å². The number of nitrogens with zero attached hydrogens (tertiary/aromatic N) is 5. The summed E-state index contributed by atoms with van der Waals surface area (Å²) in [4.78, 5) is 31.8. The topological polar surface area (TPSA) is 117 Å². The van der Waals surface area contributed by atoms with Crippen molar-refractivity contribution in [2.24, 2.45) is 0 Å². The number of para-hydroxylation sites is 1. The van der Waals surface area contributed by atoms with Crippen LogP contribution in [0.15, 0.2) is 36.8 Å². The van der Waals surface area contributed by atoms with Crippen molar-refractivity contribution in [1.82, 2.24) is 30.6 Å². The van der Waals surface area contributed by atoms with Crippen LogP contribution in [0.1, 0.15) is 17.3 Å². The van der Waals surface area contributed by atoms with Crippen LogP contribution in [0.4, 0.5) is 21.8 Å². The minimum absolute atomic E-state index is 0. The molecule has 180 valence electrons. The highest BCUT2D eigenvalue weighted by Gasteiger charge is 2.24. The Morgan fingerprint density at radius 3 is 2.68 bits per heavy atom. The van der Waals surface area contributed by atoms with Gasteiger partial charge in [-0.15, -0.1) is 12.4 Å². The summed E-state index contributed by atoms with van der Waals surface area (Å²) in [5.74, 6) is 0.744. The van der Waals surface area contributed by atoms with Crippen molar-refractivity contribution < 1.29 is 13.9 Å². The maximum absolute atomic E-state index is 13.3. The van der Waals surface area contributed by atoms with Crippen molar-refractivity contribution in [3.63, 3.8) is 0 Å². The molecule has 3 aromatic rings. The molecule has 0 radical (unpaired) electrons. The Kier molecular flexibility index (Phi) is 8.13. The number of methoxy groups -OCH3 is 1. The molecule has 1 atom stereocenters. The summed E-state index contributed by atoms with van der Waals surface area (Å²) in [7, 11) is 3.06. The van der Waals surface area contributed by atoms with Gasteiger partial charge in [-0.3, -0.25) is 4.79 Å². The Bertz CT molecular complexity index is 1150. The predicted octanol–water partition coefficient (Wildman–Crippen LogP) is 2.40. The predicted molar refractivity (Wildman–Crippen MR) is 130 cm³/mol. The van der Waals surface area contributed by atoms with Crippen LogP contribution in [0, 0.1) is 5.82 Å². The standard InChI is InChI=1S/C22H25FN8O2.ClH/c1-13-9-25-7-8-31(13)22-28-12-16(21(32)24-2)20(30-22)29-17-6-4-5-15(18(17)33-3)19-26-10-14(23)11-27-19;/h4-6,10-13,25H,7-9H2,1-3H3,(H,24,32)(H,28,29,30);1H. The average molecular weight is 489 g/mol. The minimum Gasteiger partial charge on any atom is -0.494 e. The van der Waals surface area contributed by atoms with Crippen molar-refractivity contribution >= 4 is 35.8 Å². The van der Waals surface area contributed by atoms with Gasteiger partial charge in [0, 0.05) is 38.9 Å². The van der Waals surface area contributed by atoms with E-state index in [1.54, 1.807) is 25.2 Å². The molecule has 1 aliphatic rings. The maximum Gasteiger partial charge on any atom is 0.256 e. The number of hydrogen-bond acceptors (Lipinski definition) is 9. The first-order chi connectivity index (χ1) is 16.0. The van der Waals surface area contributed by atoms with Crippen LogP contribution in [0.25, 0.3) is 11.4 Å². The van der Waals surface area contributed by atoms with Crippen LogP contribution in [0.5, 0.6) is 5.75 Å². The number of carbonyl (C=O) groups excluding carboxylic acids is 1. The zero-order valence-electron chi connectivity index (χ0n) is 19.0. The van der Waals surface area contributed by atoms with E-state index in [9.17, 15) is 9.18 Å². The smallest absolute Gasteiger partial charge is 0.256 e. The summed E-state index contributed by atoms with van der Waals surface area (Å²) in [6.07, 6.45) is 3.70. The molecule has 3 N–H and O–H groups in total. The normalized spacial score (nSPS) is 15.3. The van der Waals surface area contributed by atoms with E-state index in [0.29, 0.717) is 34.6 Å². The maximum atomic E-state index is 13.3. The molecule has 1 unspecified atom stereocenters. The monoisotopic (exact) mass is 488 g/mol. The zero-order chi connectivity index (χ0) is 23.4. The number of amides is 1. The first-order valence-electron chi connectivity index (χ1n) is 10.5. The van der Waals surface area contributed by atoms with E-state index in [2.05, 4.69) is 47.7 Å². The van der Waals surface area contributed by atoms with E-state index < -0.39 is 5.82 Å². The number of piperazine rings is 1. The molecule has 1 saturated heterocycles. The third-order valence-electron chi connectivity index (χ3n) is 5.34. The number of ether oxygens (including phenoxy) is 1. The van der Waals surface area contributed by atoms with Gasteiger partial charge in [-0.2, -0.15) is 4.98 Å². The Labute approximate surface area is 202 Å². The number of anilines is 3. The van der Waals surface area contributed by atoms with E-state index in [1.807, 2.05) is 0 Å². The third-order valence-corrected chi connectivity index (χ3v) is 5.34. The number of rotatable bonds is 6. The van der Waals surface area contributed by atoms with Gasteiger partial charge in [-0.25, -0.2) is 19.3 Å². The van der Waals surface area contributed by atoms with Gasteiger partial charge in [0.15, 0.2) is 17.4 Å². The van der Waals surface area contributed by atoms with Gasteiger partial charge in [-0.1, -0.05) is 6.07 Å². The van der Waals surface area contributed by atoms with Crippen LogP contribution >= 0.6 is 12.4 Å². The van der Waals surface area contributed by atoms with E-state index in [1.165, 1.54) is 13.3 Å². The second-order valence-electron chi connectivity index (χ2n) is 7.49. The lowest BCUT2D eigenvalue weighted by molar-refractivity contribution is 0.0963. The first kappa shape index (κ1) is 25.1. The highest BCUT2D eigenvalue weighted by Crippen LogP contribution is 2.36. The quantitative estimate of drug-likeness (QED) is 0.480. The van der Waals surface area contributed by atoms with Crippen molar-refractivity contribution in [3.05, 3.63) is 48.2 Å². The van der Waals surface area contributed by atoms with Crippen LogP contribution in [0.2, 0.25) is 0 Å². The molecule has 4 rings (SSSR count). The Hall–Kier alpha value is -3.57. The van der Waals surface area contributed by atoms with Crippen LogP contribution in [0.3, 0.4) is 0 Å². The van der Waals surface area contributed by atoms with Gasteiger partial charge in [0.1, 0.15) is 11.4 Å². The lowest BCUT2D eigenvalue weighted by Crippen LogP contribution is -2.50. The molecule has 3 heterocycles. The lowest BCUT2D eigenvalue weighted by atomic mass is 10.1. The molecule has 0 spiro atoms. The van der Waals surface area contributed by atoms with Crippen LogP contribution < -0.4 is 25.6 Å². The Morgan fingerprint density at radius 2 is 2.00 bits per heavy atom. The van der Waals surface area contributed by atoms with Crippen LogP contribution in [-0.2, 0) is 0 Å². The highest BCUT2D eigenvalue weighted by molar-refractivity contribution is 5.99. The molecule has 1 aliphatic heterocycles. The van der Waals surface area contributed by atoms with Gasteiger partial charge < -0.3 is 25.6 Å². The molecule has 0 aliphatic carbocycles. The van der Waals surface area contributed by atoms with Gasteiger partial charge >= 0.3 is 0 Å². The summed E-state index contributed by atoms with van der Waals surface area (Å²) >= 11 is 0. The van der Waals surface area contributed by atoms with E-state index in [4.69, 9.17) is 4.74 Å². The first-order valence-corrected chi connectivity index (χ1v) is 10.5. The van der Waals surface area contributed by atoms with E-state index >= 15 is 0 Å². The summed E-state index contributed by atoms with van der Waals surface area (Å²) < 4.78 is 18.9. The van der Waals surface area contributed by atoms with E-state index in [-0.39, 0.29) is 29.9 Å². The Balaban J connectivity index is 0.00000324. The molecule has 0 bridgehead atoms. The number of benzene rings is 1. The fourth-order valence-electron chi connectivity index (χ4n) is 3.66. The molecule has 0 saturated carbocycles. The van der Waals surface area contributed by atoms with E-state index in [0.717, 1.165) is 32.0 Å². The zero-order valence-corrected chi connectivity index (χ0v) is 19.8. The molecule has 34 heavy (non-hydrogen) atoms. The molecular weight excluding hydrogens is 463 g/mol. The Morgan fingerprint density at radius 1 is 1.24 bits per heavy atom. The number of hydrogen-bond donors (Lipinski definition) is 3. The average Bonchev–Trinajstić information content (AvgIpc) is 2.84. The molecule has 10 nitrogen and oxygen atoms in total. The fourth-order valence-corrected chi connectivity index (χ4v) is 3.66. The second-order valence-corrected chi connectivity index (χ2v) is 7.49. The summed E-state index contributed by atoms with van der Waals surface area (Å²) in [5.41, 5.74) is 1.40. The molecule has 2 aromatic heterocycles. The molecule has 1 fully saturated rings. The second kappa shape index (κ2) is 11.0. The number of halogens is 2. The largest absolute Gasteiger partial charge is 0.494 e. The van der Waals surface area contributed by atoms with Crippen molar-refractivity contribution in [2.75, 3.05) is 44.0 Å². The van der Waals surface area contributed by atoms with Crippen molar-refractivity contribution in [2.45, 2.75) is 13.0 Å². The number of nitrogens with one attached hydrogen (secondary N) is 3. The van der Waals surface area contributed by atoms with Crippen LogP contribution in [-0.4, -0.2) is 65.7 Å². The lowest BCUT2D eigenvalue weighted by Gasteiger charge is -2.34. The van der Waals surface area contributed by atoms with Gasteiger partial charge in [-0.05, 0) is 19.1 Å². The number of carbonyl (C=O) groups is 1. The van der Waals surface area contributed by atoms with Gasteiger partial charge in [0.05, 0.1) is 30.8 Å². The van der Waals surface area contributed by atoms with Gasteiger partial charge in [0.2, 0.25) is 5.95 Å². The molecule has 1 aromatic carbocycles. The van der Waals surface area contributed by atoms with Gasteiger partial charge in [0.25, 0.3) is 5.91 Å². The van der Waals surface area contributed by atoms with Crippen molar-refractivity contribution in [3.8, 4) is 17.1 Å². The summed E-state index contributed by atoms with van der Waals surface area (Å²) in [5, 5.41) is 9.17.